The molecule has 0 bridgehead atoms. The molecule has 0 spiro atoms. The molecular formula is C22H18ClN3O2. The van der Waals surface area contributed by atoms with E-state index in [1.807, 2.05) is 62.4 Å². The lowest BCUT2D eigenvalue weighted by atomic mass is 10.2. The summed E-state index contributed by atoms with van der Waals surface area (Å²) in [5.41, 5.74) is 3.48. The largest absolute Gasteiger partial charge is 0.460 e. The Morgan fingerprint density at radius 3 is 2.50 bits per heavy atom. The smallest absolute Gasteiger partial charge is 0.274 e. The Morgan fingerprint density at radius 2 is 1.82 bits per heavy atom. The van der Waals surface area contributed by atoms with Gasteiger partial charge < -0.3 is 9.73 Å². The molecule has 0 radical (unpaired) electrons. The summed E-state index contributed by atoms with van der Waals surface area (Å²) in [6.07, 6.45) is 0. The summed E-state index contributed by atoms with van der Waals surface area (Å²) in [7, 11) is 0. The van der Waals surface area contributed by atoms with Crippen LogP contribution in [-0.2, 0) is 0 Å². The molecule has 0 unspecified atom stereocenters. The first-order valence-electron chi connectivity index (χ1n) is 8.80. The van der Waals surface area contributed by atoms with Gasteiger partial charge in [-0.2, -0.15) is 5.10 Å². The number of amides is 1. The van der Waals surface area contributed by atoms with Crippen LogP contribution in [0.3, 0.4) is 0 Å². The monoisotopic (exact) mass is 391 g/mol. The highest BCUT2D eigenvalue weighted by Crippen LogP contribution is 2.25. The Morgan fingerprint density at radius 1 is 1.04 bits per heavy atom. The Kier molecular flexibility index (Phi) is 4.75. The highest BCUT2D eigenvalue weighted by Gasteiger charge is 2.19. The number of nitrogens with zero attached hydrogens (tertiary/aromatic N) is 2. The van der Waals surface area contributed by atoms with Crippen LogP contribution in [0.25, 0.3) is 17.1 Å². The van der Waals surface area contributed by atoms with E-state index in [-0.39, 0.29) is 5.91 Å². The van der Waals surface area contributed by atoms with Gasteiger partial charge in [-0.05, 0) is 56.3 Å². The van der Waals surface area contributed by atoms with E-state index in [0.29, 0.717) is 33.5 Å². The van der Waals surface area contributed by atoms with Gasteiger partial charge in [-0.15, -0.1) is 0 Å². The zero-order chi connectivity index (χ0) is 19.7. The summed E-state index contributed by atoms with van der Waals surface area (Å²) < 4.78 is 7.25. The van der Waals surface area contributed by atoms with Gasteiger partial charge in [0.2, 0.25) is 0 Å². The predicted molar refractivity (Wildman–Crippen MR) is 110 cm³/mol. The Balaban J connectivity index is 1.76. The number of benzene rings is 2. The van der Waals surface area contributed by atoms with Gasteiger partial charge in [-0.1, -0.05) is 35.4 Å². The van der Waals surface area contributed by atoms with Crippen molar-refractivity contribution in [3.63, 3.8) is 0 Å². The van der Waals surface area contributed by atoms with Crippen LogP contribution in [0.5, 0.6) is 0 Å². The number of aryl methyl sites for hydroxylation is 2. The Hall–Kier alpha value is -3.31. The van der Waals surface area contributed by atoms with Gasteiger partial charge in [-0.25, -0.2) is 4.68 Å². The quantitative estimate of drug-likeness (QED) is 0.488. The van der Waals surface area contributed by atoms with E-state index in [1.165, 1.54) is 0 Å². The molecule has 0 aliphatic heterocycles. The summed E-state index contributed by atoms with van der Waals surface area (Å²) in [5, 5.41) is 8.07. The molecule has 0 saturated heterocycles. The number of anilines is 1. The zero-order valence-electron chi connectivity index (χ0n) is 15.4. The maximum absolute atomic E-state index is 13.0. The number of hydrogen-bond donors (Lipinski definition) is 1. The lowest BCUT2D eigenvalue weighted by Gasteiger charge is -2.09. The van der Waals surface area contributed by atoms with Crippen molar-refractivity contribution < 1.29 is 9.21 Å². The van der Waals surface area contributed by atoms with Gasteiger partial charge in [-0.3, -0.25) is 4.79 Å². The summed E-state index contributed by atoms with van der Waals surface area (Å²) >= 11 is 6.14. The van der Waals surface area contributed by atoms with E-state index < -0.39 is 0 Å². The molecule has 0 aliphatic carbocycles. The minimum atomic E-state index is -0.272. The Labute approximate surface area is 167 Å². The van der Waals surface area contributed by atoms with Crippen LogP contribution >= 0.6 is 11.6 Å². The first-order chi connectivity index (χ1) is 13.5. The summed E-state index contributed by atoms with van der Waals surface area (Å²) in [6.45, 7) is 3.86. The summed E-state index contributed by atoms with van der Waals surface area (Å²) in [4.78, 5) is 13.0. The van der Waals surface area contributed by atoms with Crippen LogP contribution in [0.4, 0.5) is 5.69 Å². The van der Waals surface area contributed by atoms with E-state index in [4.69, 9.17) is 16.0 Å². The fourth-order valence-corrected chi connectivity index (χ4v) is 3.06. The summed E-state index contributed by atoms with van der Waals surface area (Å²) in [6, 6.07) is 20.2. The molecule has 140 valence electrons. The third kappa shape index (κ3) is 3.70. The van der Waals surface area contributed by atoms with Crippen LogP contribution < -0.4 is 5.32 Å². The number of furan rings is 1. The molecular weight excluding hydrogens is 374 g/mol. The molecule has 2 aromatic carbocycles. The van der Waals surface area contributed by atoms with Crippen molar-refractivity contribution >= 4 is 23.2 Å². The van der Waals surface area contributed by atoms with Gasteiger partial charge in [0.05, 0.1) is 5.69 Å². The maximum atomic E-state index is 13.0. The second-order valence-electron chi connectivity index (χ2n) is 6.54. The van der Waals surface area contributed by atoms with E-state index >= 15 is 0 Å². The third-order valence-corrected chi connectivity index (χ3v) is 4.53. The molecule has 0 atom stereocenters. The fraction of sp³-hybridized carbons (Fsp3) is 0.0909. The molecule has 6 heteroatoms. The maximum Gasteiger partial charge on any atom is 0.274 e. The minimum Gasteiger partial charge on any atom is -0.460 e. The zero-order valence-corrected chi connectivity index (χ0v) is 16.2. The second-order valence-corrected chi connectivity index (χ2v) is 6.97. The lowest BCUT2D eigenvalue weighted by Crippen LogP contribution is -2.16. The van der Waals surface area contributed by atoms with Crippen molar-refractivity contribution in [2.75, 3.05) is 5.32 Å². The number of rotatable bonds is 4. The van der Waals surface area contributed by atoms with Gasteiger partial charge in [0.15, 0.2) is 5.76 Å². The second kappa shape index (κ2) is 7.37. The SMILES string of the molecule is Cc1ccc(NC(=O)c2cc(-c3ccc(C)o3)nn2-c2cccc(Cl)c2)cc1. The van der Waals surface area contributed by atoms with Crippen LogP contribution in [0.2, 0.25) is 5.02 Å². The molecule has 1 amide bonds. The molecule has 0 fully saturated rings. The number of aromatic nitrogens is 2. The standard InChI is InChI=1S/C22H18ClN3O2/c1-14-6-9-17(10-7-14)24-22(27)20-13-19(21-11-8-15(2)28-21)25-26(20)18-5-3-4-16(23)12-18/h3-13H,1-2H3,(H,24,27). The fourth-order valence-electron chi connectivity index (χ4n) is 2.87. The summed E-state index contributed by atoms with van der Waals surface area (Å²) in [5.74, 6) is 1.10. The first-order valence-corrected chi connectivity index (χ1v) is 9.18. The molecule has 1 N–H and O–H groups in total. The van der Waals surface area contributed by atoms with Gasteiger partial charge in [0, 0.05) is 16.8 Å². The van der Waals surface area contributed by atoms with Crippen LogP contribution in [0.15, 0.2) is 71.1 Å². The number of carbonyl (C=O) groups is 1. The number of halogens is 1. The molecule has 28 heavy (non-hydrogen) atoms. The van der Waals surface area contributed by atoms with Crippen LogP contribution in [0.1, 0.15) is 21.8 Å². The first kappa shape index (κ1) is 18.1. The van der Waals surface area contributed by atoms with E-state index in [1.54, 1.807) is 22.9 Å². The van der Waals surface area contributed by atoms with Crippen molar-refractivity contribution in [3.05, 3.63) is 88.8 Å². The van der Waals surface area contributed by atoms with Crippen molar-refractivity contribution in [3.8, 4) is 17.1 Å². The van der Waals surface area contributed by atoms with E-state index in [0.717, 1.165) is 11.3 Å². The molecule has 5 nitrogen and oxygen atoms in total. The van der Waals surface area contributed by atoms with Crippen molar-refractivity contribution in [1.82, 2.24) is 9.78 Å². The topological polar surface area (TPSA) is 60.1 Å². The third-order valence-electron chi connectivity index (χ3n) is 4.30. The molecule has 2 heterocycles. The van der Waals surface area contributed by atoms with Crippen molar-refractivity contribution in [2.24, 2.45) is 0 Å². The minimum absolute atomic E-state index is 0.272. The predicted octanol–water partition coefficient (Wildman–Crippen LogP) is 5.65. The molecule has 0 saturated carbocycles. The van der Waals surface area contributed by atoms with Gasteiger partial charge in [0.25, 0.3) is 5.91 Å². The van der Waals surface area contributed by atoms with Crippen molar-refractivity contribution in [1.29, 1.82) is 0 Å². The highest BCUT2D eigenvalue weighted by molar-refractivity contribution is 6.30. The molecule has 0 aliphatic rings. The molecule has 2 aromatic heterocycles. The number of nitrogens with one attached hydrogen (secondary N) is 1. The molecule has 4 rings (SSSR count). The van der Waals surface area contributed by atoms with Crippen molar-refractivity contribution in [2.45, 2.75) is 13.8 Å². The van der Waals surface area contributed by atoms with Gasteiger partial charge in [0.1, 0.15) is 17.1 Å². The normalized spacial score (nSPS) is 10.8. The number of hydrogen-bond acceptors (Lipinski definition) is 3. The average molecular weight is 392 g/mol. The van der Waals surface area contributed by atoms with E-state index in [2.05, 4.69) is 10.4 Å². The Bertz CT molecular complexity index is 1140. The lowest BCUT2D eigenvalue weighted by molar-refractivity contribution is 0.101. The average Bonchev–Trinajstić information content (AvgIpc) is 3.30. The van der Waals surface area contributed by atoms with Crippen LogP contribution in [0, 0.1) is 13.8 Å². The van der Waals surface area contributed by atoms with E-state index in [9.17, 15) is 4.79 Å². The number of carbonyl (C=O) groups excluding carboxylic acids is 1. The highest BCUT2D eigenvalue weighted by atomic mass is 35.5. The molecule has 4 aromatic rings. The van der Waals surface area contributed by atoms with Crippen LogP contribution in [-0.4, -0.2) is 15.7 Å². The van der Waals surface area contributed by atoms with Gasteiger partial charge >= 0.3 is 0 Å².